The van der Waals surface area contributed by atoms with Crippen molar-refractivity contribution in [2.45, 2.75) is 0 Å². The van der Waals surface area contributed by atoms with Crippen LogP contribution in [0.3, 0.4) is 0 Å². The van der Waals surface area contributed by atoms with Crippen LogP contribution in [-0.4, -0.2) is 29.5 Å². The molecule has 0 atom stereocenters. The van der Waals surface area contributed by atoms with Gasteiger partial charge in [-0.25, -0.2) is 0 Å². The third-order valence-electron chi connectivity index (χ3n) is 3.92. The number of nitrogens with two attached hydrogens (primary N) is 2. The number of anilines is 2. The zero-order valence-electron chi connectivity index (χ0n) is 15.3. The van der Waals surface area contributed by atoms with E-state index in [-0.39, 0.29) is 12.1 Å². The zero-order valence-corrected chi connectivity index (χ0v) is 15.3. The second kappa shape index (κ2) is 8.17. The molecule has 21 nitrogen and oxygen atoms in total. The second-order valence-electron chi connectivity index (χ2n) is 5.71. The molecule has 0 saturated carbocycles. The predicted octanol–water partition coefficient (Wildman–Crippen LogP) is 2.64. The summed E-state index contributed by atoms with van der Waals surface area (Å²) >= 11 is 0. The fourth-order valence-electron chi connectivity index (χ4n) is 2.57. The molecule has 0 heterocycles. The zero-order chi connectivity index (χ0) is 25.4. The van der Waals surface area contributed by atoms with Gasteiger partial charge in [0, 0.05) is 11.4 Å². The Hall–Kier alpha value is -5.76. The summed E-state index contributed by atoms with van der Waals surface area (Å²) in [7, 11) is 0. The molecule has 4 N–H and O–H groups in total. The summed E-state index contributed by atoms with van der Waals surface area (Å²) in [6.45, 7) is 0. The van der Waals surface area contributed by atoms with Crippen molar-refractivity contribution in [2.24, 2.45) is 0 Å². The van der Waals surface area contributed by atoms with Crippen molar-refractivity contribution < 1.29 is 29.5 Å². The first-order chi connectivity index (χ1) is 15.2. The van der Waals surface area contributed by atoms with Crippen molar-refractivity contribution in [3.05, 3.63) is 78.1 Å². The Morgan fingerprint density at radius 1 is 0.515 bits per heavy atom. The number of hydrogen-bond donors (Lipinski definition) is 2. The molecular formula is C12H6N9O12-. The number of benzene rings is 2. The summed E-state index contributed by atoms with van der Waals surface area (Å²) in [4.78, 5) is 59.6. The van der Waals surface area contributed by atoms with Crippen molar-refractivity contribution in [1.29, 1.82) is 0 Å². The van der Waals surface area contributed by atoms with Gasteiger partial charge in [0.25, 0.3) is 22.7 Å². The minimum absolute atomic E-state index is 0.146. The van der Waals surface area contributed by atoms with E-state index >= 15 is 0 Å². The molecule has 0 unspecified atom stereocenters. The number of hydrogen-bond acceptors (Lipinski definition) is 14. The van der Waals surface area contributed by atoms with Crippen LogP contribution < -0.4 is 11.5 Å². The molecule has 0 amide bonds. The number of nitro groups is 6. The van der Waals surface area contributed by atoms with Gasteiger partial charge in [0.1, 0.15) is 0 Å². The maximum absolute atomic E-state index is 11.5. The molecule has 0 aromatic heterocycles. The molecule has 2 aromatic carbocycles. The molecule has 0 saturated heterocycles. The average Bonchev–Trinajstić information content (AvgIpc) is 2.66. The van der Waals surface area contributed by atoms with Crippen molar-refractivity contribution in [2.75, 3.05) is 11.5 Å². The van der Waals surface area contributed by atoms with Gasteiger partial charge in [-0.15, -0.1) is 0 Å². The van der Waals surface area contributed by atoms with Crippen LogP contribution in [0.4, 0.5) is 56.9 Å². The summed E-state index contributed by atoms with van der Waals surface area (Å²) in [6.07, 6.45) is 0. The summed E-state index contributed by atoms with van der Waals surface area (Å²) in [5.74, 6) is 0. The summed E-state index contributed by atoms with van der Waals surface area (Å²) in [5, 5.41) is 71.1. The molecule has 0 fully saturated rings. The highest BCUT2D eigenvalue weighted by atomic mass is 16.6. The Bertz CT molecular complexity index is 1190. The maximum atomic E-state index is 11.5. The van der Waals surface area contributed by atoms with E-state index in [1.807, 2.05) is 0 Å². The van der Waals surface area contributed by atoms with Crippen LogP contribution in [0, 0.1) is 60.7 Å². The van der Waals surface area contributed by atoms with Crippen LogP contribution in [-0.2, 0) is 0 Å². The highest BCUT2D eigenvalue weighted by Crippen LogP contribution is 2.56. The first kappa shape index (κ1) is 23.5. The van der Waals surface area contributed by atoms with Gasteiger partial charge in [0.15, 0.2) is 11.4 Å². The Morgan fingerprint density at radius 2 is 0.788 bits per heavy atom. The Labute approximate surface area is 177 Å². The average molecular weight is 468 g/mol. The van der Waals surface area contributed by atoms with Gasteiger partial charge in [0.2, 0.25) is 0 Å². The van der Waals surface area contributed by atoms with E-state index in [0.29, 0.717) is 0 Å². The smallest absolute Gasteiger partial charge is 0.306 e. The molecule has 2 rings (SSSR count). The number of nitrogen functional groups attached to an aromatic ring is 2. The monoisotopic (exact) mass is 468 g/mol. The van der Waals surface area contributed by atoms with Crippen LogP contribution in [0.25, 0.3) is 5.32 Å². The van der Waals surface area contributed by atoms with E-state index in [1.165, 1.54) is 0 Å². The van der Waals surface area contributed by atoms with E-state index in [0.717, 1.165) is 0 Å². The molecule has 0 aliphatic heterocycles. The first-order valence-electron chi connectivity index (χ1n) is 7.71. The highest BCUT2D eigenvalue weighted by Gasteiger charge is 2.35. The van der Waals surface area contributed by atoms with Gasteiger partial charge in [-0.1, -0.05) is 0 Å². The molecule has 0 radical (unpaired) electrons. The standard InChI is InChI=1S/C12H6N9O12/c13-7-3(16(22)23)1-5(18(26)27)9(11(7)20(30)31)15-10-6(19(28)29)2-4(17(24)25)8(14)12(10)21(32)33/h1-2H,13-14H2/q-1. The van der Waals surface area contributed by atoms with E-state index in [4.69, 9.17) is 11.5 Å². The minimum atomic E-state index is -1.57. The van der Waals surface area contributed by atoms with E-state index in [9.17, 15) is 60.7 Å². The lowest BCUT2D eigenvalue weighted by Crippen LogP contribution is -2.06. The summed E-state index contributed by atoms with van der Waals surface area (Å²) < 4.78 is 0. The molecule has 21 heteroatoms. The number of nitro benzene ring substituents is 6. The quantitative estimate of drug-likeness (QED) is 0.319. The molecule has 0 spiro atoms. The largest absolute Gasteiger partial charge is 0.635 e. The van der Waals surface area contributed by atoms with Crippen molar-refractivity contribution in [3.8, 4) is 0 Å². The van der Waals surface area contributed by atoms with Gasteiger partial charge in [-0.2, -0.15) is 0 Å². The van der Waals surface area contributed by atoms with E-state index < -0.39 is 86.4 Å². The Morgan fingerprint density at radius 3 is 1.00 bits per heavy atom. The van der Waals surface area contributed by atoms with Crippen molar-refractivity contribution >= 4 is 56.9 Å². The lowest BCUT2D eigenvalue weighted by atomic mass is 10.1. The summed E-state index contributed by atoms with van der Waals surface area (Å²) in [5.41, 5.74) is -3.35. The molecule has 2 aromatic rings. The number of nitrogens with zero attached hydrogens (tertiary/aromatic N) is 7. The summed E-state index contributed by atoms with van der Waals surface area (Å²) in [6, 6.07) is 0.293. The lowest BCUT2D eigenvalue weighted by molar-refractivity contribution is -0.400. The maximum Gasteiger partial charge on any atom is 0.306 e. The molecule has 0 aliphatic carbocycles. The number of rotatable bonds is 8. The van der Waals surface area contributed by atoms with Crippen LogP contribution in [0.15, 0.2) is 12.1 Å². The highest BCUT2D eigenvalue weighted by molar-refractivity contribution is 5.99. The SMILES string of the molecule is Nc1c([N+](=O)[O-])cc([N+](=O)[O-])c([N-]c2c([N+](=O)[O-])cc([N+](=O)[O-])c(N)c2[N+](=O)[O-])c1[N+](=O)[O-]. The fourth-order valence-corrected chi connectivity index (χ4v) is 2.57. The van der Waals surface area contributed by atoms with Crippen LogP contribution in [0.1, 0.15) is 0 Å². The Kier molecular flexibility index (Phi) is 5.82. The molecular weight excluding hydrogens is 462 g/mol. The van der Waals surface area contributed by atoms with Gasteiger partial charge >= 0.3 is 11.4 Å². The molecule has 172 valence electrons. The first-order valence-corrected chi connectivity index (χ1v) is 7.71. The van der Waals surface area contributed by atoms with Crippen LogP contribution in [0.2, 0.25) is 0 Å². The van der Waals surface area contributed by atoms with Gasteiger partial charge in [-0.05, 0) is 0 Å². The topological polar surface area (TPSA) is 325 Å². The van der Waals surface area contributed by atoms with Gasteiger partial charge in [0.05, 0.1) is 41.7 Å². The second-order valence-corrected chi connectivity index (χ2v) is 5.71. The van der Waals surface area contributed by atoms with Crippen molar-refractivity contribution in [1.82, 2.24) is 0 Å². The molecule has 33 heavy (non-hydrogen) atoms. The van der Waals surface area contributed by atoms with Crippen molar-refractivity contribution in [3.63, 3.8) is 0 Å². The lowest BCUT2D eigenvalue weighted by Gasteiger charge is -2.22. The van der Waals surface area contributed by atoms with E-state index in [1.54, 1.807) is 0 Å². The van der Waals surface area contributed by atoms with Crippen LogP contribution >= 0.6 is 0 Å². The predicted molar refractivity (Wildman–Crippen MR) is 104 cm³/mol. The normalized spacial score (nSPS) is 10.3. The minimum Gasteiger partial charge on any atom is -0.635 e. The van der Waals surface area contributed by atoms with Crippen LogP contribution in [0.5, 0.6) is 0 Å². The molecule has 0 aliphatic rings. The Balaban J connectivity index is 3.07. The third kappa shape index (κ3) is 3.98. The van der Waals surface area contributed by atoms with E-state index in [2.05, 4.69) is 5.32 Å². The molecule has 0 bridgehead atoms. The third-order valence-corrected chi connectivity index (χ3v) is 3.92. The van der Waals surface area contributed by atoms with Gasteiger partial charge in [-0.3, -0.25) is 60.7 Å². The van der Waals surface area contributed by atoms with Gasteiger partial charge < -0.3 is 16.8 Å². The fraction of sp³-hybridized carbons (Fsp3) is 0.